The lowest BCUT2D eigenvalue weighted by molar-refractivity contribution is -0.119. The lowest BCUT2D eigenvalue weighted by atomic mass is 9.87. The third-order valence-corrected chi connectivity index (χ3v) is 6.51. The fourth-order valence-corrected chi connectivity index (χ4v) is 4.94. The van der Waals surface area contributed by atoms with Crippen molar-refractivity contribution in [1.29, 1.82) is 0 Å². The fraction of sp³-hybridized carbons (Fsp3) is 0.261. The predicted molar refractivity (Wildman–Crippen MR) is 116 cm³/mol. The highest BCUT2D eigenvalue weighted by atomic mass is 35.5. The Kier molecular flexibility index (Phi) is 4.97. The number of phenolic OH excluding ortho intramolecular Hbond substituents is 1. The minimum atomic E-state index is -0.878. The molecule has 1 unspecified atom stereocenters. The van der Waals surface area contributed by atoms with E-state index in [-0.39, 0.29) is 57.2 Å². The van der Waals surface area contributed by atoms with Gasteiger partial charge in [0.15, 0.2) is 17.3 Å². The van der Waals surface area contributed by atoms with Crippen molar-refractivity contribution < 1.29 is 23.4 Å². The van der Waals surface area contributed by atoms with Crippen molar-refractivity contribution in [2.24, 2.45) is 5.92 Å². The minimum absolute atomic E-state index is 0.0272. The van der Waals surface area contributed by atoms with Gasteiger partial charge in [-0.2, -0.15) is 0 Å². The van der Waals surface area contributed by atoms with Crippen LogP contribution in [-0.2, 0) is 4.79 Å². The zero-order valence-corrected chi connectivity index (χ0v) is 17.6. The van der Waals surface area contributed by atoms with Crippen LogP contribution in [0.1, 0.15) is 12.8 Å². The Labute approximate surface area is 187 Å². The lowest BCUT2D eigenvalue weighted by Crippen LogP contribution is -2.47. The van der Waals surface area contributed by atoms with Gasteiger partial charge in [0.1, 0.15) is 35.8 Å². The molecule has 0 bridgehead atoms. The highest BCUT2D eigenvalue weighted by Crippen LogP contribution is 2.50. The molecule has 2 atom stereocenters. The van der Waals surface area contributed by atoms with E-state index in [1.165, 1.54) is 24.5 Å². The van der Waals surface area contributed by atoms with E-state index in [9.17, 15) is 14.3 Å². The quantitative estimate of drug-likeness (QED) is 0.576. The number of rotatable bonds is 3. The lowest BCUT2D eigenvalue weighted by Gasteiger charge is -2.38. The minimum Gasteiger partial charge on any atom is -0.507 e. The second-order valence-corrected chi connectivity index (χ2v) is 8.25. The SMILES string of the molecule is C=CC(=O)C1CCN2c3ncnc4c(F)c(-c5c(O)cccc5F)c(Cl)c(c34)OC[C@@H]2C1. The smallest absolute Gasteiger partial charge is 0.159 e. The van der Waals surface area contributed by atoms with Crippen molar-refractivity contribution in [2.45, 2.75) is 18.9 Å². The van der Waals surface area contributed by atoms with Gasteiger partial charge in [-0.1, -0.05) is 24.2 Å². The van der Waals surface area contributed by atoms with Crippen LogP contribution in [-0.4, -0.2) is 40.1 Å². The summed E-state index contributed by atoms with van der Waals surface area (Å²) in [6.45, 7) is 4.25. The molecule has 3 heterocycles. The first-order valence-corrected chi connectivity index (χ1v) is 10.5. The standard InChI is InChI=1S/C23H18ClF2N3O3/c1-2-14(30)11-6-7-29-12(8-11)9-32-22-18-21(27-10-28-23(18)29)20(26)17(19(22)24)16-13(25)4-3-5-15(16)31/h2-5,10-12,31H,1,6-9H2/t11?,12-/m0/s1. The number of carbonyl (C=O) groups excluding carboxylic acids is 1. The molecule has 0 spiro atoms. The van der Waals surface area contributed by atoms with Gasteiger partial charge in [-0.15, -0.1) is 0 Å². The Balaban J connectivity index is 1.72. The monoisotopic (exact) mass is 457 g/mol. The van der Waals surface area contributed by atoms with Gasteiger partial charge < -0.3 is 14.7 Å². The van der Waals surface area contributed by atoms with Crippen LogP contribution < -0.4 is 9.64 Å². The molecule has 3 aromatic rings. The molecule has 1 fully saturated rings. The van der Waals surface area contributed by atoms with Crippen LogP contribution in [0.2, 0.25) is 5.02 Å². The first-order valence-electron chi connectivity index (χ1n) is 10.1. The first-order chi connectivity index (χ1) is 15.4. The van der Waals surface area contributed by atoms with Crippen molar-refractivity contribution in [1.82, 2.24) is 9.97 Å². The van der Waals surface area contributed by atoms with E-state index in [1.54, 1.807) is 0 Å². The van der Waals surface area contributed by atoms with Crippen LogP contribution in [0.5, 0.6) is 11.5 Å². The molecule has 2 aliphatic heterocycles. The number of fused-ring (bicyclic) bond motifs is 2. The van der Waals surface area contributed by atoms with Crippen molar-refractivity contribution in [3.05, 3.63) is 53.8 Å². The maximum absolute atomic E-state index is 15.7. The number of carbonyl (C=O) groups is 1. The van der Waals surface area contributed by atoms with Crippen LogP contribution in [0.15, 0.2) is 37.2 Å². The molecule has 2 aliphatic rings. The number of anilines is 1. The first kappa shape index (κ1) is 20.6. The van der Waals surface area contributed by atoms with Gasteiger partial charge in [0.05, 0.1) is 22.0 Å². The van der Waals surface area contributed by atoms with E-state index < -0.39 is 17.4 Å². The van der Waals surface area contributed by atoms with Crippen LogP contribution >= 0.6 is 11.6 Å². The number of halogens is 3. The summed E-state index contributed by atoms with van der Waals surface area (Å²) >= 11 is 6.56. The number of benzene rings is 2. The van der Waals surface area contributed by atoms with Crippen molar-refractivity contribution in [3.8, 4) is 22.6 Å². The van der Waals surface area contributed by atoms with E-state index in [2.05, 4.69) is 16.5 Å². The van der Waals surface area contributed by atoms with Crippen molar-refractivity contribution in [2.75, 3.05) is 18.1 Å². The average molecular weight is 458 g/mol. The van der Waals surface area contributed by atoms with Crippen molar-refractivity contribution >= 4 is 34.1 Å². The summed E-state index contributed by atoms with van der Waals surface area (Å²) in [5.41, 5.74) is -0.776. The largest absolute Gasteiger partial charge is 0.507 e. The number of hydrogen-bond donors (Lipinski definition) is 1. The second kappa shape index (κ2) is 7.70. The maximum atomic E-state index is 15.7. The zero-order valence-electron chi connectivity index (χ0n) is 16.8. The molecule has 1 N–H and O–H groups in total. The number of ether oxygens (including phenoxy) is 1. The molecule has 0 amide bonds. The summed E-state index contributed by atoms with van der Waals surface area (Å²) in [4.78, 5) is 22.6. The molecule has 0 radical (unpaired) electrons. The molecule has 9 heteroatoms. The molecule has 6 nitrogen and oxygen atoms in total. The summed E-state index contributed by atoms with van der Waals surface area (Å²) in [5.74, 6) is -1.81. The van der Waals surface area contributed by atoms with Gasteiger partial charge in [-0.05, 0) is 31.1 Å². The van der Waals surface area contributed by atoms with E-state index in [0.29, 0.717) is 25.2 Å². The Morgan fingerprint density at radius 2 is 2.12 bits per heavy atom. The molecular weight excluding hydrogens is 440 g/mol. The van der Waals surface area contributed by atoms with Gasteiger partial charge in [0.25, 0.3) is 0 Å². The van der Waals surface area contributed by atoms with Gasteiger partial charge in [-0.3, -0.25) is 4.79 Å². The number of nitrogens with zero attached hydrogens (tertiary/aromatic N) is 3. The molecular formula is C23H18ClF2N3O3. The average Bonchev–Trinajstić information content (AvgIpc) is 2.96. The highest BCUT2D eigenvalue weighted by Gasteiger charge is 2.38. The fourth-order valence-electron chi connectivity index (χ4n) is 4.62. The normalized spacial score (nSPS) is 19.8. The number of hydrogen-bond acceptors (Lipinski definition) is 6. The van der Waals surface area contributed by atoms with Gasteiger partial charge in [-0.25, -0.2) is 18.7 Å². The molecule has 164 valence electrons. The maximum Gasteiger partial charge on any atom is 0.159 e. The third-order valence-electron chi connectivity index (χ3n) is 6.15. The predicted octanol–water partition coefficient (Wildman–Crippen LogP) is 4.67. The topological polar surface area (TPSA) is 75.6 Å². The zero-order chi connectivity index (χ0) is 22.6. The third kappa shape index (κ3) is 3.01. The summed E-state index contributed by atoms with van der Waals surface area (Å²) in [7, 11) is 0. The Morgan fingerprint density at radius 1 is 1.31 bits per heavy atom. The summed E-state index contributed by atoms with van der Waals surface area (Å²) in [5, 5.41) is 10.3. The van der Waals surface area contributed by atoms with E-state index in [0.717, 1.165) is 6.07 Å². The van der Waals surface area contributed by atoms with Gasteiger partial charge >= 0.3 is 0 Å². The molecule has 0 saturated carbocycles. The number of aromatic nitrogens is 2. The van der Waals surface area contributed by atoms with E-state index >= 15 is 4.39 Å². The van der Waals surface area contributed by atoms with Crippen LogP contribution in [0.3, 0.4) is 0 Å². The number of piperidine rings is 1. The van der Waals surface area contributed by atoms with E-state index in [4.69, 9.17) is 16.3 Å². The number of phenols is 1. The highest BCUT2D eigenvalue weighted by molar-refractivity contribution is 6.36. The number of ketones is 1. The van der Waals surface area contributed by atoms with Crippen LogP contribution in [0.25, 0.3) is 22.0 Å². The number of allylic oxidation sites excluding steroid dienone is 1. The summed E-state index contributed by atoms with van der Waals surface area (Å²) in [6, 6.07) is 3.47. The molecule has 1 saturated heterocycles. The molecule has 32 heavy (non-hydrogen) atoms. The van der Waals surface area contributed by atoms with Crippen LogP contribution in [0, 0.1) is 17.6 Å². The second-order valence-electron chi connectivity index (χ2n) is 7.87. The van der Waals surface area contributed by atoms with Gasteiger partial charge in [0.2, 0.25) is 0 Å². The van der Waals surface area contributed by atoms with Gasteiger partial charge in [0, 0.05) is 18.0 Å². The van der Waals surface area contributed by atoms with Crippen LogP contribution in [0.4, 0.5) is 14.6 Å². The molecule has 2 aromatic carbocycles. The number of aromatic hydroxyl groups is 1. The Morgan fingerprint density at radius 3 is 2.88 bits per heavy atom. The molecule has 0 aliphatic carbocycles. The van der Waals surface area contributed by atoms with E-state index in [1.807, 2.05) is 4.90 Å². The summed E-state index contributed by atoms with van der Waals surface area (Å²) < 4.78 is 36.3. The Hall–Kier alpha value is -3.26. The summed E-state index contributed by atoms with van der Waals surface area (Å²) in [6.07, 6.45) is 3.67. The van der Waals surface area contributed by atoms with Crippen molar-refractivity contribution in [3.63, 3.8) is 0 Å². The Bertz CT molecular complexity index is 1260. The molecule has 5 rings (SSSR count). The molecule has 1 aromatic heterocycles.